The number of amides is 1. The summed E-state index contributed by atoms with van der Waals surface area (Å²) >= 11 is 5.93. The fourth-order valence-corrected chi connectivity index (χ4v) is 3.21. The molecule has 0 unspecified atom stereocenters. The predicted octanol–water partition coefficient (Wildman–Crippen LogP) is 5.06. The molecule has 5 nitrogen and oxygen atoms in total. The Labute approximate surface area is 173 Å². The summed E-state index contributed by atoms with van der Waals surface area (Å²) < 4.78 is 7.47. The van der Waals surface area contributed by atoms with E-state index >= 15 is 0 Å². The highest BCUT2D eigenvalue weighted by Gasteiger charge is 2.09. The first kappa shape index (κ1) is 19.0. The molecule has 1 amide bonds. The molecule has 0 aliphatic rings. The number of benzene rings is 3. The molecular weight excluding hydrogens is 386 g/mol. The third-order valence-corrected chi connectivity index (χ3v) is 4.84. The number of rotatable bonds is 6. The molecule has 29 heavy (non-hydrogen) atoms. The lowest BCUT2D eigenvalue weighted by Gasteiger charge is -2.07. The summed E-state index contributed by atoms with van der Waals surface area (Å²) in [4.78, 5) is 12.3. The molecule has 146 valence electrons. The Hall–Kier alpha value is -3.31. The second-order valence-corrected chi connectivity index (χ2v) is 7.24. The monoisotopic (exact) mass is 405 g/mol. The molecule has 0 saturated carbocycles. The van der Waals surface area contributed by atoms with Crippen molar-refractivity contribution in [3.63, 3.8) is 0 Å². The highest BCUT2D eigenvalue weighted by atomic mass is 35.5. The molecule has 4 rings (SSSR count). The number of hydrogen-bond acceptors (Lipinski definition) is 3. The number of carbonyl (C=O) groups excluding carboxylic acids is 1. The van der Waals surface area contributed by atoms with Crippen molar-refractivity contribution in [1.82, 2.24) is 9.78 Å². The van der Waals surface area contributed by atoms with Gasteiger partial charge >= 0.3 is 0 Å². The normalized spacial score (nSPS) is 10.8. The second kappa shape index (κ2) is 8.37. The lowest BCUT2D eigenvalue weighted by Crippen LogP contribution is -2.20. The fourth-order valence-electron chi connectivity index (χ4n) is 3.08. The number of halogens is 1. The highest BCUT2D eigenvalue weighted by molar-refractivity contribution is 6.30. The van der Waals surface area contributed by atoms with E-state index in [0.29, 0.717) is 23.1 Å². The van der Waals surface area contributed by atoms with Crippen molar-refractivity contribution in [3.05, 3.63) is 89.1 Å². The lowest BCUT2D eigenvalue weighted by molar-refractivity contribution is -0.118. The van der Waals surface area contributed by atoms with Gasteiger partial charge in [-0.1, -0.05) is 54.1 Å². The SMILES string of the molecule is Cc1cc(NC(=O)COc2ccc3ccccc3c2)nn1Cc1ccc(Cl)cc1. The van der Waals surface area contributed by atoms with Gasteiger partial charge in [-0.15, -0.1) is 0 Å². The van der Waals surface area contributed by atoms with E-state index in [1.165, 1.54) is 0 Å². The zero-order chi connectivity index (χ0) is 20.2. The van der Waals surface area contributed by atoms with Gasteiger partial charge in [-0.25, -0.2) is 0 Å². The quantitative estimate of drug-likeness (QED) is 0.487. The summed E-state index contributed by atoms with van der Waals surface area (Å²) in [7, 11) is 0. The van der Waals surface area contributed by atoms with Gasteiger partial charge in [0.2, 0.25) is 0 Å². The Balaban J connectivity index is 1.36. The van der Waals surface area contributed by atoms with Crippen LogP contribution in [-0.4, -0.2) is 22.3 Å². The van der Waals surface area contributed by atoms with E-state index in [4.69, 9.17) is 16.3 Å². The number of nitrogens with zero attached hydrogens (tertiary/aromatic N) is 2. The number of carbonyl (C=O) groups is 1. The number of aryl methyl sites for hydroxylation is 1. The molecular formula is C23H20ClN3O2. The Morgan fingerprint density at radius 1 is 1.03 bits per heavy atom. The topological polar surface area (TPSA) is 56.1 Å². The van der Waals surface area contributed by atoms with Gasteiger partial charge in [-0.3, -0.25) is 9.48 Å². The molecule has 1 heterocycles. The number of fused-ring (bicyclic) bond motifs is 1. The van der Waals surface area contributed by atoms with Crippen LogP contribution in [0.3, 0.4) is 0 Å². The van der Waals surface area contributed by atoms with Crippen LogP contribution in [-0.2, 0) is 11.3 Å². The minimum atomic E-state index is -0.255. The van der Waals surface area contributed by atoms with Crippen molar-refractivity contribution in [2.24, 2.45) is 0 Å². The van der Waals surface area contributed by atoms with Crippen LogP contribution in [0, 0.1) is 6.92 Å². The molecule has 0 fully saturated rings. The molecule has 0 spiro atoms. The van der Waals surface area contributed by atoms with Crippen molar-refractivity contribution in [2.45, 2.75) is 13.5 Å². The Morgan fingerprint density at radius 3 is 2.59 bits per heavy atom. The third kappa shape index (κ3) is 4.76. The summed E-state index contributed by atoms with van der Waals surface area (Å²) in [5, 5.41) is 10.1. The van der Waals surface area contributed by atoms with Gasteiger partial charge < -0.3 is 10.1 Å². The van der Waals surface area contributed by atoms with E-state index in [0.717, 1.165) is 22.0 Å². The van der Waals surface area contributed by atoms with Gasteiger partial charge in [0.1, 0.15) is 5.75 Å². The zero-order valence-electron chi connectivity index (χ0n) is 15.9. The van der Waals surface area contributed by atoms with Crippen molar-refractivity contribution in [1.29, 1.82) is 0 Å². The van der Waals surface area contributed by atoms with Gasteiger partial charge in [0.25, 0.3) is 5.91 Å². The van der Waals surface area contributed by atoms with Gasteiger partial charge in [-0.2, -0.15) is 5.10 Å². The Bertz CT molecular complexity index is 1150. The maximum absolute atomic E-state index is 12.3. The van der Waals surface area contributed by atoms with Crippen LogP contribution >= 0.6 is 11.6 Å². The minimum absolute atomic E-state index is 0.0819. The number of aromatic nitrogens is 2. The maximum Gasteiger partial charge on any atom is 0.263 e. The number of anilines is 1. The predicted molar refractivity (Wildman–Crippen MR) is 116 cm³/mol. The summed E-state index contributed by atoms with van der Waals surface area (Å²) in [5.74, 6) is 0.904. The Morgan fingerprint density at radius 2 is 1.79 bits per heavy atom. The molecule has 1 aromatic heterocycles. The van der Waals surface area contributed by atoms with Gasteiger partial charge in [-0.05, 0) is 47.5 Å². The van der Waals surface area contributed by atoms with Crippen LogP contribution in [0.5, 0.6) is 5.75 Å². The first-order valence-electron chi connectivity index (χ1n) is 9.27. The van der Waals surface area contributed by atoms with Crippen LogP contribution in [0.4, 0.5) is 5.82 Å². The average Bonchev–Trinajstić information content (AvgIpc) is 3.06. The third-order valence-electron chi connectivity index (χ3n) is 4.59. The molecule has 4 aromatic rings. The molecule has 0 radical (unpaired) electrons. The van der Waals surface area contributed by atoms with Crippen molar-refractivity contribution in [2.75, 3.05) is 11.9 Å². The molecule has 0 saturated heterocycles. The maximum atomic E-state index is 12.3. The number of nitrogens with one attached hydrogen (secondary N) is 1. The van der Waals surface area contributed by atoms with Gasteiger partial charge in [0.15, 0.2) is 12.4 Å². The van der Waals surface area contributed by atoms with Crippen LogP contribution in [0.2, 0.25) is 5.02 Å². The van der Waals surface area contributed by atoms with E-state index in [1.807, 2.05) is 84.4 Å². The van der Waals surface area contributed by atoms with Crippen molar-refractivity contribution in [3.8, 4) is 5.75 Å². The standard InChI is InChI=1S/C23H20ClN3O2/c1-16-12-22(26-27(16)14-17-6-9-20(24)10-7-17)25-23(28)15-29-21-11-8-18-4-2-3-5-19(18)13-21/h2-13H,14-15H2,1H3,(H,25,26,28). The zero-order valence-corrected chi connectivity index (χ0v) is 16.7. The minimum Gasteiger partial charge on any atom is -0.484 e. The second-order valence-electron chi connectivity index (χ2n) is 6.80. The lowest BCUT2D eigenvalue weighted by atomic mass is 10.1. The van der Waals surface area contributed by atoms with Crippen LogP contribution in [0.15, 0.2) is 72.8 Å². The first-order chi connectivity index (χ1) is 14.1. The molecule has 6 heteroatoms. The van der Waals surface area contributed by atoms with Gasteiger partial charge in [0, 0.05) is 16.8 Å². The molecule has 1 N–H and O–H groups in total. The summed E-state index contributed by atoms with van der Waals surface area (Å²) in [5.41, 5.74) is 2.03. The van der Waals surface area contributed by atoms with Crippen LogP contribution in [0.25, 0.3) is 10.8 Å². The van der Waals surface area contributed by atoms with Crippen molar-refractivity contribution < 1.29 is 9.53 Å². The summed E-state index contributed by atoms with van der Waals surface area (Å²) in [6, 6.07) is 23.2. The van der Waals surface area contributed by atoms with E-state index in [2.05, 4.69) is 10.4 Å². The van der Waals surface area contributed by atoms with Gasteiger partial charge in [0.05, 0.1) is 6.54 Å². The molecule has 3 aromatic carbocycles. The first-order valence-corrected chi connectivity index (χ1v) is 9.65. The summed E-state index contributed by atoms with van der Waals surface area (Å²) in [6.07, 6.45) is 0. The fraction of sp³-hybridized carbons (Fsp3) is 0.130. The largest absolute Gasteiger partial charge is 0.484 e. The van der Waals surface area contributed by atoms with Crippen LogP contribution < -0.4 is 10.1 Å². The number of hydrogen-bond donors (Lipinski definition) is 1. The molecule has 0 aliphatic carbocycles. The molecule has 0 aliphatic heterocycles. The average molecular weight is 406 g/mol. The smallest absolute Gasteiger partial charge is 0.263 e. The van der Waals surface area contributed by atoms with E-state index in [1.54, 1.807) is 0 Å². The van der Waals surface area contributed by atoms with E-state index < -0.39 is 0 Å². The van der Waals surface area contributed by atoms with Crippen LogP contribution in [0.1, 0.15) is 11.3 Å². The van der Waals surface area contributed by atoms with E-state index in [-0.39, 0.29) is 12.5 Å². The molecule has 0 bridgehead atoms. The highest BCUT2D eigenvalue weighted by Crippen LogP contribution is 2.20. The Kier molecular flexibility index (Phi) is 5.49. The van der Waals surface area contributed by atoms with E-state index in [9.17, 15) is 4.79 Å². The van der Waals surface area contributed by atoms with Crippen molar-refractivity contribution >= 4 is 34.1 Å². The molecule has 0 atom stereocenters. The summed E-state index contributed by atoms with van der Waals surface area (Å²) in [6.45, 7) is 2.47. The number of ether oxygens (including phenoxy) is 1.